The van der Waals surface area contributed by atoms with E-state index in [1.165, 1.54) is 6.42 Å². The molecule has 1 atom stereocenters. The summed E-state index contributed by atoms with van der Waals surface area (Å²) in [4.78, 5) is 24.3. The highest BCUT2D eigenvalue weighted by Gasteiger charge is 2.23. The Hall–Kier alpha value is -2.75. The van der Waals surface area contributed by atoms with Gasteiger partial charge >= 0.3 is 6.03 Å². The maximum absolute atomic E-state index is 12.3. The monoisotopic (exact) mass is 418 g/mol. The first-order valence-corrected chi connectivity index (χ1v) is 10.5. The summed E-state index contributed by atoms with van der Waals surface area (Å²) < 4.78 is 16.3. The molecule has 1 aliphatic heterocycles. The van der Waals surface area contributed by atoms with Gasteiger partial charge in [0, 0.05) is 11.6 Å². The van der Waals surface area contributed by atoms with E-state index in [4.69, 9.17) is 13.9 Å². The van der Waals surface area contributed by atoms with Gasteiger partial charge in [0.25, 0.3) is 5.22 Å². The molecular formula is C19H22N4O5S. The Balaban J connectivity index is 1.31. The van der Waals surface area contributed by atoms with Crippen LogP contribution >= 0.6 is 11.8 Å². The minimum Gasteiger partial charge on any atom is -0.454 e. The molecule has 0 bridgehead atoms. The molecule has 0 saturated heterocycles. The third-order valence-electron chi connectivity index (χ3n) is 4.85. The van der Waals surface area contributed by atoms with E-state index in [9.17, 15) is 9.59 Å². The number of amides is 3. The number of rotatable bonds is 5. The van der Waals surface area contributed by atoms with E-state index >= 15 is 0 Å². The van der Waals surface area contributed by atoms with Crippen LogP contribution in [0.15, 0.2) is 27.8 Å². The van der Waals surface area contributed by atoms with Crippen molar-refractivity contribution in [3.63, 3.8) is 0 Å². The molecule has 2 aromatic rings. The predicted molar refractivity (Wildman–Crippen MR) is 105 cm³/mol. The topological polar surface area (TPSA) is 116 Å². The largest absolute Gasteiger partial charge is 0.454 e. The summed E-state index contributed by atoms with van der Waals surface area (Å²) in [5.74, 6) is 1.19. The van der Waals surface area contributed by atoms with Gasteiger partial charge in [-0.2, -0.15) is 0 Å². The molecule has 2 heterocycles. The molecule has 154 valence electrons. The molecule has 29 heavy (non-hydrogen) atoms. The molecule has 10 heteroatoms. The number of nitrogens with one attached hydrogen (secondary N) is 2. The van der Waals surface area contributed by atoms with Crippen molar-refractivity contribution >= 4 is 23.7 Å². The van der Waals surface area contributed by atoms with E-state index in [1.54, 1.807) is 25.1 Å². The van der Waals surface area contributed by atoms with Crippen LogP contribution in [0.25, 0.3) is 11.5 Å². The van der Waals surface area contributed by atoms with Gasteiger partial charge in [0.1, 0.15) is 0 Å². The van der Waals surface area contributed by atoms with E-state index in [2.05, 4.69) is 20.8 Å². The first-order valence-electron chi connectivity index (χ1n) is 9.60. The lowest BCUT2D eigenvalue weighted by atomic mass is 9.96. The average Bonchev–Trinajstić information content (AvgIpc) is 3.37. The Morgan fingerprint density at radius 3 is 2.76 bits per heavy atom. The fraction of sp³-hybridized carbons (Fsp3) is 0.474. The molecule has 2 aliphatic rings. The fourth-order valence-electron chi connectivity index (χ4n) is 3.29. The summed E-state index contributed by atoms with van der Waals surface area (Å²) in [6.07, 6.45) is 5.32. The number of carbonyl (C=O) groups is 2. The molecule has 0 radical (unpaired) electrons. The van der Waals surface area contributed by atoms with Gasteiger partial charge in [0.15, 0.2) is 11.5 Å². The van der Waals surface area contributed by atoms with Crippen LogP contribution < -0.4 is 20.1 Å². The fourth-order valence-corrected chi connectivity index (χ4v) is 3.97. The number of ether oxygens (including phenoxy) is 2. The van der Waals surface area contributed by atoms with E-state index in [-0.39, 0.29) is 18.1 Å². The van der Waals surface area contributed by atoms with Crippen LogP contribution in [-0.4, -0.2) is 40.2 Å². The van der Waals surface area contributed by atoms with Gasteiger partial charge in [0.05, 0.1) is 5.25 Å². The third-order valence-corrected chi connectivity index (χ3v) is 5.78. The minimum atomic E-state index is -0.572. The van der Waals surface area contributed by atoms with Crippen molar-refractivity contribution in [2.24, 2.45) is 0 Å². The number of aromatic nitrogens is 2. The van der Waals surface area contributed by atoms with Crippen molar-refractivity contribution in [3.05, 3.63) is 18.2 Å². The number of hydrogen-bond acceptors (Lipinski definition) is 8. The maximum atomic E-state index is 12.3. The van der Waals surface area contributed by atoms with Crippen LogP contribution in [0.1, 0.15) is 39.0 Å². The van der Waals surface area contributed by atoms with Gasteiger partial charge in [-0.1, -0.05) is 31.0 Å². The summed E-state index contributed by atoms with van der Waals surface area (Å²) in [5.41, 5.74) is 0.692. The number of hydrogen-bond donors (Lipinski definition) is 2. The molecule has 0 spiro atoms. The first-order chi connectivity index (χ1) is 14.1. The predicted octanol–water partition coefficient (Wildman–Crippen LogP) is 3.10. The number of imide groups is 1. The Labute approximate surface area is 171 Å². The maximum Gasteiger partial charge on any atom is 0.321 e. The van der Waals surface area contributed by atoms with Crippen LogP contribution in [0.4, 0.5) is 4.79 Å². The van der Waals surface area contributed by atoms with Crippen molar-refractivity contribution in [2.75, 3.05) is 6.79 Å². The molecule has 1 fully saturated rings. The van der Waals surface area contributed by atoms with E-state index in [0.717, 1.165) is 37.4 Å². The van der Waals surface area contributed by atoms with Crippen molar-refractivity contribution < 1.29 is 23.5 Å². The van der Waals surface area contributed by atoms with Crippen LogP contribution in [0.5, 0.6) is 11.5 Å². The van der Waals surface area contributed by atoms with Crippen molar-refractivity contribution in [1.29, 1.82) is 0 Å². The molecule has 0 unspecified atom stereocenters. The Bertz CT molecular complexity index is 896. The van der Waals surface area contributed by atoms with E-state index in [0.29, 0.717) is 23.0 Å². The van der Waals surface area contributed by atoms with Crippen molar-refractivity contribution in [1.82, 2.24) is 20.8 Å². The summed E-state index contributed by atoms with van der Waals surface area (Å²) in [7, 11) is 0. The molecule has 1 aromatic heterocycles. The second-order valence-corrected chi connectivity index (χ2v) is 8.29. The molecule has 4 rings (SSSR count). The van der Waals surface area contributed by atoms with Gasteiger partial charge in [-0.05, 0) is 38.0 Å². The SMILES string of the molecule is C[C@H](Sc1nnc(-c2ccc3c(c2)OCO3)o1)C(=O)NC(=O)NC1CCCCC1. The normalized spacial score (nSPS) is 17.0. The number of carbonyl (C=O) groups excluding carboxylic acids is 2. The number of nitrogens with zero attached hydrogens (tertiary/aromatic N) is 2. The van der Waals surface area contributed by atoms with Gasteiger partial charge in [-0.15, -0.1) is 10.2 Å². The van der Waals surface area contributed by atoms with Gasteiger partial charge < -0.3 is 19.2 Å². The first kappa shape index (κ1) is 19.6. The number of thioether (sulfide) groups is 1. The molecule has 3 amide bonds. The second kappa shape index (κ2) is 8.73. The Morgan fingerprint density at radius 1 is 1.14 bits per heavy atom. The highest BCUT2D eigenvalue weighted by atomic mass is 32.2. The quantitative estimate of drug-likeness (QED) is 0.712. The summed E-state index contributed by atoms with van der Waals surface area (Å²) in [5, 5.41) is 12.9. The lowest BCUT2D eigenvalue weighted by Gasteiger charge is -2.22. The van der Waals surface area contributed by atoms with Crippen LogP contribution in [0.2, 0.25) is 0 Å². The van der Waals surface area contributed by atoms with Gasteiger partial charge in [-0.3, -0.25) is 10.1 Å². The Kier molecular flexibility index (Phi) is 5.89. The van der Waals surface area contributed by atoms with Gasteiger partial charge in [0.2, 0.25) is 18.6 Å². The zero-order valence-electron chi connectivity index (χ0n) is 16.0. The lowest BCUT2D eigenvalue weighted by molar-refractivity contribution is -0.119. The lowest BCUT2D eigenvalue weighted by Crippen LogP contribution is -2.47. The van der Waals surface area contributed by atoms with Crippen LogP contribution in [0, 0.1) is 0 Å². The van der Waals surface area contributed by atoms with Crippen molar-refractivity contribution in [2.45, 2.75) is 55.5 Å². The number of benzene rings is 1. The molecule has 2 N–H and O–H groups in total. The molecule has 1 aliphatic carbocycles. The average molecular weight is 418 g/mol. The summed E-state index contributed by atoms with van der Waals surface area (Å²) >= 11 is 1.09. The number of fused-ring (bicyclic) bond motifs is 1. The molecule has 9 nitrogen and oxygen atoms in total. The van der Waals surface area contributed by atoms with Gasteiger partial charge in [-0.25, -0.2) is 4.79 Å². The number of urea groups is 1. The van der Waals surface area contributed by atoms with E-state index < -0.39 is 17.2 Å². The third kappa shape index (κ3) is 4.81. The molecule has 1 saturated carbocycles. The second-order valence-electron chi connectivity index (χ2n) is 7.00. The van der Waals surface area contributed by atoms with Crippen molar-refractivity contribution in [3.8, 4) is 23.0 Å². The Morgan fingerprint density at radius 2 is 1.93 bits per heavy atom. The molecule has 1 aromatic carbocycles. The zero-order chi connectivity index (χ0) is 20.2. The van der Waals surface area contributed by atoms with Crippen LogP contribution in [0.3, 0.4) is 0 Å². The molecular weight excluding hydrogens is 396 g/mol. The standard InChI is InChI=1S/C19H22N4O5S/c1-11(16(24)21-18(25)20-13-5-3-2-4-6-13)29-19-23-22-17(28-19)12-7-8-14-15(9-12)27-10-26-14/h7-9,11,13H,2-6,10H2,1H3,(H2,20,21,24,25)/t11-/m0/s1. The zero-order valence-corrected chi connectivity index (χ0v) is 16.8. The summed E-state index contributed by atoms with van der Waals surface area (Å²) in [6.45, 7) is 1.86. The highest BCUT2D eigenvalue weighted by molar-refractivity contribution is 8.00. The summed E-state index contributed by atoms with van der Waals surface area (Å²) in [6, 6.07) is 5.01. The highest BCUT2D eigenvalue weighted by Crippen LogP contribution is 2.36. The minimum absolute atomic E-state index is 0.139. The van der Waals surface area contributed by atoms with E-state index in [1.807, 2.05) is 0 Å². The van der Waals surface area contributed by atoms with Crippen LogP contribution in [-0.2, 0) is 4.79 Å². The smallest absolute Gasteiger partial charge is 0.321 e.